The fourth-order valence-electron chi connectivity index (χ4n) is 5.23. The van der Waals surface area contributed by atoms with E-state index >= 15 is 0 Å². The van der Waals surface area contributed by atoms with Crippen LogP contribution >= 0.6 is 0 Å². The van der Waals surface area contributed by atoms with Gasteiger partial charge in [0.1, 0.15) is 5.52 Å². The van der Waals surface area contributed by atoms with Crippen molar-refractivity contribution in [3.8, 4) is 11.1 Å². The lowest BCUT2D eigenvalue weighted by atomic mass is 9.94. The molecule has 6 rings (SSSR count). The fourth-order valence-corrected chi connectivity index (χ4v) is 5.23. The van der Waals surface area contributed by atoms with Gasteiger partial charge in [-0.15, -0.1) is 0 Å². The van der Waals surface area contributed by atoms with Crippen LogP contribution in [-0.4, -0.2) is 9.38 Å². The van der Waals surface area contributed by atoms with Gasteiger partial charge in [-0.2, -0.15) is 4.40 Å². The van der Waals surface area contributed by atoms with E-state index in [1.807, 2.05) is 6.20 Å². The quantitative estimate of drug-likeness (QED) is 0.237. The average Bonchev–Trinajstić information content (AvgIpc) is 3.07. The van der Waals surface area contributed by atoms with Crippen LogP contribution < -0.4 is 4.57 Å². The van der Waals surface area contributed by atoms with Crippen LogP contribution in [0.4, 0.5) is 0 Å². The topological polar surface area (TPSA) is 21.2 Å². The molecule has 3 heterocycles. The first-order chi connectivity index (χ1) is 15.1. The Kier molecular flexibility index (Phi) is 3.73. The molecule has 0 bridgehead atoms. The van der Waals surface area contributed by atoms with E-state index < -0.39 is 0 Å². The number of nitrogens with zero attached hydrogens (tertiary/aromatic N) is 3. The predicted molar refractivity (Wildman–Crippen MR) is 129 cm³/mol. The van der Waals surface area contributed by atoms with E-state index in [-0.39, 0.29) is 0 Å². The van der Waals surface area contributed by atoms with Crippen LogP contribution in [0.2, 0.25) is 0 Å². The van der Waals surface area contributed by atoms with Crippen LogP contribution in [0, 0.1) is 20.8 Å². The van der Waals surface area contributed by atoms with Gasteiger partial charge >= 0.3 is 0 Å². The summed E-state index contributed by atoms with van der Waals surface area (Å²) in [7, 11) is 2.16. The molecule has 0 aliphatic heterocycles. The van der Waals surface area contributed by atoms with Crippen LogP contribution in [0.15, 0.2) is 72.9 Å². The lowest BCUT2D eigenvalue weighted by Crippen LogP contribution is -2.27. The molecule has 31 heavy (non-hydrogen) atoms. The molecule has 0 saturated carbocycles. The van der Waals surface area contributed by atoms with Crippen molar-refractivity contribution in [1.29, 1.82) is 0 Å². The maximum atomic E-state index is 4.84. The lowest BCUT2D eigenvalue weighted by Gasteiger charge is -2.12. The van der Waals surface area contributed by atoms with Gasteiger partial charge < -0.3 is 0 Å². The first-order valence-electron chi connectivity index (χ1n) is 10.7. The van der Waals surface area contributed by atoms with Crippen molar-refractivity contribution in [2.24, 2.45) is 7.05 Å². The normalized spacial score (nSPS) is 11.9. The van der Waals surface area contributed by atoms with E-state index in [2.05, 4.69) is 104 Å². The largest absolute Gasteiger partial charge is 0.297 e. The highest BCUT2D eigenvalue weighted by Crippen LogP contribution is 2.35. The second-order valence-electron chi connectivity index (χ2n) is 8.56. The minimum absolute atomic E-state index is 1.06. The Balaban J connectivity index is 1.90. The van der Waals surface area contributed by atoms with E-state index in [9.17, 15) is 0 Å². The SMILES string of the molecule is Cc1cccc(C)c1-c1ccc2c3nccc(C)c3c3n(c2c1)c1ccccc1[n+]3C. The third-order valence-corrected chi connectivity index (χ3v) is 6.66. The minimum Gasteiger partial charge on any atom is -0.255 e. The molecule has 0 fully saturated rings. The van der Waals surface area contributed by atoms with Crippen LogP contribution in [0.5, 0.6) is 0 Å². The Morgan fingerprint density at radius 3 is 2.35 bits per heavy atom. The predicted octanol–water partition coefficient (Wildman–Crippen LogP) is 6.21. The molecule has 3 nitrogen and oxygen atoms in total. The van der Waals surface area contributed by atoms with Gasteiger partial charge in [-0.1, -0.05) is 36.4 Å². The van der Waals surface area contributed by atoms with Gasteiger partial charge in [0, 0.05) is 11.6 Å². The molecule has 6 aromatic rings. The Bertz CT molecular complexity index is 1650. The number of imidazole rings is 1. The average molecular weight is 403 g/mol. The first-order valence-corrected chi connectivity index (χ1v) is 10.7. The third-order valence-electron chi connectivity index (χ3n) is 6.66. The first kappa shape index (κ1) is 18.1. The van der Waals surface area contributed by atoms with E-state index in [0.29, 0.717) is 0 Å². The molecule has 0 saturated heterocycles. The van der Waals surface area contributed by atoms with Gasteiger partial charge in [0.2, 0.25) is 0 Å². The number of fused-ring (bicyclic) bond motifs is 8. The number of hydrogen-bond acceptors (Lipinski definition) is 1. The molecular formula is C28H24N3+. The summed E-state index contributed by atoms with van der Waals surface area (Å²) in [5.74, 6) is 0. The van der Waals surface area contributed by atoms with Crippen molar-refractivity contribution >= 4 is 38.5 Å². The maximum Gasteiger partial charge on any atom is 0.297 e. The summed E-state index contributed by atoms with van der Waals surface area (Å²) in [5, 5.41) is 2.40. The van der Waals surface area contributed by atoms with E-state index in [1.54, 1.807) is 0 Å². The summed E-state index contributed by atoms with van der Waals surface area (Å²) in [6.07, 6.45) is 1.93. The number of pyridine rings is 2. The van der Waals surface area contributed by atoms with Crippen molar-refractivity contribution in [3.05, 3.63) is 89.6 Å². The zero-order chi connectivity index (χ0) is 21.3. The van der Waals surface area contributed by atoms with E-state index in [4.69, 9.17) is 4.98 Å². The van der Waals surface area contributed by atoms with Crippen molar-refractivity contribution in [2.45, 2.75) is 20.8 Å². The maximum absolute atomic E-state index is 4.84. The lowest BCUT2D eigenvalue weighted by molar-refractivity contribution is -0.617. The van der Waals surface area contributed by atoms with Crippen molar-refractivity contribution in [3.63, 3.8) is 0 Å². The van der Waals surface area contributed by atoms with Crippen LogP contribution in [0.25, 0.3) is 49.6 Å². The van der Waals surface area contributed by atoms with Crippen LogP contribution in [0.1, 0.15) is 16.7 Å². The van der Waals surface area contributed by atoms with Gasteiger partial charge in [0.25, 0.3) is 5.65 Å². The molecule has 0 unspecified atom stereocenters. The van der Waals surface area contributed by atoms with Gasteiger partial charge in [-0.3, -0.25) is 4.98 Å². The van der Waals surface area contributed by atoms with E-state index in [1.165, 1.54) is 60.8 Å². The standard InChI is InChI=1S/C28H24N3/c1-17-8-7-9-18(2)25(17)20-12-13-21-24(16-20)31-23-11-6-5-10-22(23)30(4)28(31)26-19(3)14-15-29-27(21)26/h5-16H,1-4H3/q+1. The number of aryl methyl sites for hydroxylation is 4. The second kappa shape index (κ2) is 6.39. The summed E-state index contributed by atoms with van der Waals surface area (Å²) in [6.45, 7) is 6.57. The smallest absolute Gasteiger partial charge is 0.255 e. The van der Waals surface area contributed by atoms with Gasteiger partial charge in [0.15, 0.2) is 11.0 Å². The number of rotatable bonds is 1. The molecule has 150 valence electrons. The molecule has 0 atom stereocenters. The van der Waals surface area contributed by atoms with Crippen molar-refractivity contribution in [1.82, 2.24) is 9.38 Å². The fraction of sp³-hybridized carbons (Fsp3) is 0.143. The number of aromatic nitrogens is 3. The summed E-state index contributed by atoms with van der Waals surface area (Å²) in [6, 6.07) is 24.1. The molecule has 0 spiro atoms. The highest BCUT2D eigenvalue weighted by Gasteiger charge is 2.25. The molecule has 3 aromatic heterocycles. The molecule has 3 heteroatoms. The number of benzene rings is 3. The molecule has 0 amide bonds. The number of hydrogen-bond donors (Lipinski definition) is 0. The Hall–Kier alpha value is -3.72. The summed E-state index contributed by atoms with van der Waals surface area (Å²) in [5.41, 5.74) is 12.3. The van der Waals surface area contributed by atoms with Crippen molar-refractivity contribution in [2.75, 3.05) is 0 Å². The molecule has 0 aliphatic rings. The van der Waals surface area contributed by atoms with Crippen molar-refractivity contribution < 1.29 is 4.57 Å². The van der Waals surface area contributed by atoms with E-state index in [0.717, 1.165) is 5.52 Å². The summed E-state index contributed by atoms with van der Waals surface area (Å²) < 4.78 is 4.72. The molecule has 0 N–H and O–H groups in total. The van der Waals surface area contributed by atoms with Crippen LogP contribution in [0.3, 0.4) is 0 Å². The highest BCUT2D eigenvalue weighted by atomic mass is 15.1. The van der Waals surface area contributed by atoms with Gasteiger partial charge in [-0.25, -0.2) is 4.57 Å². The highest BCUT2D eigenvalue weighted by molar-refractivity contribution is 6.12. The molecule has 3 aromatic carbocycles. The Morgan fingerprint density at radius 2 is 1.55 bits per heavy atom. The van der Waals surface area contributed by atoms with Gasteiger partial charge in [0.05, 0.1) is 18.0 Å². The van der Waals surface area contributed by atoms with Gasteiger partial charge in [-0.05, 0) is 78.9 Å². The Morgan fingerprint density at radius 1 is 0.774 bits per heavy atom. The monoisotopic (exact) mass is 402 g/mol. The zero-order valence-electron chi connectivity index (χ0n) is 18.3. The number of para-hydroxylation sites is 2. The summed E-state index contributed by atoms with van der Waals surface area (Å²) in [4.78, 5) is 4.84. The van der Waals surface area contributed by atoms with Crippen LogP contribution in [-0.2, 0) is 7.05 Å². The zero-order valence-corrected chi connectivity index (χ0v) is 18.3. The summed E-state index contributed by atoms with van der Waals surface area (Å²) >= 11 is 0. The molecule has 0 radical (unpaired) electrons. The molecular weight excluding hydrogens is 378 g/mol. The second-order valence-corrected chi connectivity index (χ2v) is 8.56. The Labute approximate surface area is 181 Å². The third kappa shape index (κ3) is 2.40. The minimum atomic E-state index is 1.06. The molecule has 0 aliphatic carbocycles.